The molecule has 0 aliphatic heterocycles. The Bertz CT molecular complexity index is 504. The molecule has 2 aromatic rings. The van der Waals surface area contributed by atoms with E-state index in [9.17, 15) is 5.11 Å². The van der Waals surface area contributed by atoms with Gasteiger partial charge in [-0.25, -0.2) is 0 Å². The van der Waals surface area contributed by atoms with Crippen molar-refractivity contribution in [2.45, 2.75) is 26.4 Å². The summed E-state index contributed by atoms with van der Waals surface area (Å²) in [4.78, 5) is 0. The second-order valence-corrected chi connectivity index (χ2v) is 4.65. The topological polar surface area (TPSA) is 29.5 Å². The molecule has 0 spiro atoms. The van der Waals surface area contributed by atoms with Crippen molar-refractivity contribution in [3.05, 3.63) is 59.7 Å². The molecule has 0 fully saturated rings. The molecule has 0 bridgehead atoms. The maximum atomic E-state index is 9.88. The normalized spacial score (nSPS) is 10.6. The van der Waals surface area contributed by atoms with Crippen molar-refractivity contribution in [3.8, 4) is 11.5 Å². The van der Waals surface area contributed by atoms with E-state index >= 15 is 0 Å². The van der Waals surface area contributed by atoms with Gasteiger partial charge < -0.3 is 9.84 Å². The highest BCUT2D eigenvalue weighted by molar-refractivity contribution is 5.41. The Labute approximate surface area is 108 Å². The van der Waals surface area contributed by atoms with Crippen LogP contribution in [0.3, 0.4) is 0 Å². The lowest BCUT2D eigenvalue weighted by Crippen LogP contribution is -1.96. The lowest BCUT2D eigenvalue weighted by Gasteiger charge is -2.11. The zero-order valence-electron chi connectivity index (χ0n) is 10.8. The standard InChI is InChI=1S/C16H18O2/c1-12(2)15-9-8-14(10-16(15)17)18-11-13-6-4-3-5-7-13/h3-10,12,17H,11H2,1-2H3. The van der Waals surface area contributed by atoms with Crippen LogP contribution in [0, 0.1) is 0 Å². The zero-order chi connectivity index (χ0) is 13.0. The van der Waals surface area contributed by atoms with E-state index in [0.717, 1.165) is 11.1 Å². The molecule has 94 valence electrons. The molecule has 0 aliphatic rings. The van der Waals surface area contributed by atoms with Gasteiger partial charge in [-0.05, 0) is 23.1 Å². The van der Waals surface area contributed by atoms with Crippen LogP contribution in [0.5, 0.6) is 11.5 Å². The van der Waals surface area contributed by atoms with Crippen molar-refractivity contribution in [2.24, 2.45) is 0 Å². The average molecular weight is 242 g/mol. The Kier molecular flexibility index (Phi) is 3.88. The fourth-order valence-electron chi connectivity index (χ4n) is 1.84. The van der Waals surface area contributed by atoms with Gasteiger partial charge in [0.25, 0.3) is 0 Å². The highest BCUT2D eigenvalue weighted by Crippen LogP contribution is 2.29. The highest BCUT2D eigenvalue weighted by atomic mass is 16.5. The van der Waals surface area contributed by atoms with Crippen LogP contribution in [-0.2, 0) is 6.61 Å². The second kappa shape index (κ2) is 5.58. The maximum absolute atomic E-state index is 9.88. The fourth-order valence-corrected chi connectivity index (χ4v) is 1.84. The first-order chi connectivity index (χ1) is 8.66. The van der Waals surface area contributed by atoms with Gasteiger partial charge in [-0.1, -0.05) is 50.2 Å². The van der Waals surface area contributed by atoms with Crippen LogP contribution in [0.2, 0.25) is 0 Å². The molecule has 0 heterocycles. The number of benzene rings is 2. The smallest absolute Gasteiger partial charge is 0.123 e. The Balaban J connectivity index is 2.05. The third-order valence-corrected chi connectivity index (χ3v) is 2.87. The monoisotopic (exact) mass is 242 g/mol. The second-order valence-electron chi connectivity index (χ2n) is 4.65. The quantitative estimate of drug-likeness (QED) is 0.874. The van der Waals surface area contributed by atoms with Crippen LogP contribution in [0.25, 0.3) is 0 Å². The average Bonchev–Trinajstić information content (AvgIpc) is 2.37. The van der Waals surface area contributed by atoms with E-state index < -0.39 is 0 Å². The van der Waals surface area contributed by atoms with Gasteiger partial charge in [-0.15, -0.1) is 0 Å². The molecule has 2 nitrogen and oxygen atoms in total. The molecule has 0 saturated heterocycles. The van der Waals surface area contributed by atoms with Crippen molar-refractivity contribution in [2.75, 3.05) is 0 Å². The van der Waals surface area contributed by atoms with Crippen molar-refractivity contribution >= 4 is 0 Å². The molecule has 0 aliphatic carbocycles. The third kappa shape index (κ3) is 3.04. The summed E-state index contributed by atoms with van der Waals surface area (Å²) in [5.74, 6) is 1.31. The first kappa shape index (κ1) is 12.5. The Morgan fingerprint density at radius 1 is 1.06 bits per heavy atom. The Morgan fingerprint density at radius 3 is 2.39 bits per heavy atom. The van der Waals surface area contributed by atoms with E-state index in [1.54, 1.807) is 6.07 Å². The summed E-state index contributed by atoms with van der Waals surface area (Å²) in [5.41, 5.74) is 2.06. The first-order valence-corrected chi connectivity index (χ1v) is 6.16. The summed E-state index contributed by atoms with van der Waals surface area (Å²) >= 11 is 0. The van der Waals surface area contributed by atoms with Crippen molar-refractivity contribution in [1.82, 2.24) is 0 Å². The highest BCUT2D eigenvalue weighted by Gasteiger charge is 2.06. The Hall–Kier alpha value is -1.96. The number of phenols is 1. The summed E-state index contributed by atoms with van der Waals surface area (Å²) in [6.07, 6.45) is 0. The third-order valence-electron chi connectivity index (χ3n) is 2.87. The van der Waals surface area contributed by atoms with Gasteiger partial charge >= 0.3 is 0 Å². The van der Waals surface area contributed by atoms with E-state index in [-0.39, 0.29) is 0 Å². The van der Waals surface area contributed by atoms with Crippen LogP contribution in [0.4, 0.5) is 0 Å². The summed E-state index contributed by atoms with van der Waals surface area (Å²) in [6, 6.07) is 15.5. The van der Waals surface area contributed by atoms with Crippen molar-refractivity contribution < 1.29 is 9.84 Å². The number of hydrogen-bond acceptors (Lipinski definition) is 2. The van der Waals surface area contributed by atoms with E-state index in [4.69, 9.17) is 4.74 Å². The Morgan fingerprint density at radius 2 is 1.78 bits per heavy atom. The first-order valence-electron chi connectivity index (χ1n) is 6.16. The van der Waals surface area contributed by atoms with Crippen molar-refractivity contribution in [1.29, 1.82) is 0 Å². The van der Waals surface area contributed by atoms with Gasteiger partial charge in [0.1, 0.15) is 18.1 Å². The van der Waals surface area contributed by atoms with Gasteiger partial charge in [0.05, 0.1) is 0 Å². The maximum Gasteiger partial charge on any atom is 0.123 e. The van der Waals surface area contributed by atoms with Gasteiger partial charge in [0.15, 0.2) is 0 Å². The number of ether oxygens (including phenoxy) is 1. The number of phenolic OH excluding ortho intramolecular Hbond substituents is 1. The molecule has 0 aromatic heterocycles. The SMILES string of the molecule is CC(C)c1ccc(OCc2ccccc2)cc1O. The lowest BCUT2D eigenvalue weighted by atomic mass is 10.0. The van der Waals surface area contributed by atoms with Crippen LogP contribution in [0.15, 0.2) is 48.5 Å². The van der Waals surface area contributed by atoms with Crippen LogP contribution in [-0.4, -0.2) is 5.11 Å². The van der Waals surface area contributed by atoms with E-state index in [1.165, 1.54) is 0 Å². The van der Waals surface area contributed by atoms with Crippen LogP contribution in [0.1, 0.15) is 30.9 Å². The molecular formula is C16H18O2. The molecule has 0 radical (unpaired) electrons. The van der Waals surface area contributed by atoms with Crippen molar-refractivity contribution in [3.63, 3.8) is 0 Å². The molecule has 18 heavy (non-hydrogen) atoms. The molecule has 0 saturated carbocycles. The molecule has 2 aromatic carbocycles. The molecule has 1 N–H and O–H groups in total. The lowest BCUT2D eigenvalue weighted by molar-refractivity contribution is 0.304. The zero-order valence-corrected chi connectivity index (χ0v) is 10.8. The largest absolute Gasteiger partial charge is 0.508 e. The molecule has 0 amide bonds. The van der Waals surface area contributed by atoms with Gasteiger partial charge in [0, 0.05) is 6.07 Å². The predicted octanol–water partition coefficient (Wildman–Crippen LogP) is 4.09. The minimum absolute atomic E-state index is 0.301. The van der Waals surface area contributed by atoms with Gasteiger partial charge in [-0.2, -0.15) is 0 Å². The van der Waals surface area contributed by atoms with Crippen LogP contribution >= 0.6 is 0 Å². The van der Waals surface area contributed by atoms with E-state index in [1.807, 2.05) is 42.5 Å². The van der Waals surface area contributed by atoms with E-state index in [2.05, 4.69) is 13.8 Å². The minimum Gasteiger partial charge on any atom is -0.508 e. The predicted molar refractivity (Wildman–Crippen MR) is 73.0 cm³/mol. The minimum atomic E-state index is 0.301. The van der Waals surface area contributed by atoms with E-state index in [0.29, 0.717) is 24.0 Å². The molecule has 0 atom stereocenters. The summed E-state index contributed by atoms with van der Waals surface area (Å²) < 4.78 is 5.65. The summed E-state index contributed by atoms with van der Waals surface area (Å²) in [6.45, 7) is 4.63. The summed E-state index contributed by atoms with van der Waals surface area (Å²) in [5, 5.41) is 9.88. The fraction of sp³-hybridized carbons (Fsp3) is 0.250. The number of hydrogen-bond donors (Lipinski definition) is 1. The number of rotatable bonds is 4. The molecule has 0 unspecified atom stereocenters. The molecular weight excluding hydrogens is 224 g/mol. The van der Waals surface area contributed by atoms with Crippen LogP contribution < -0.4 is 4.74 Å². The molecule has 2 heteroatoms. The van der Waals surface area contributed by atoms with Gasteiger partial charge in [-0.3, -0.25) is 0 Å². The number of aromatic hydroxyl groups is 1. The molecule has 2 rings (SSSR count). The van der Waals surface area contributed by atoms with Gasteiger partial charge in [0.2, 0.25) is 0 Å². The summed E-state index contributed by atoms with van der Waals surface area (Å²) in [7, 11) is 0.